The van der Waals surface area contributed by atoms with Gasteiger partial charge in [-0.2, -0.15) is 22.0 Å². The molecule has 1 aromatic carbocycles. The highest BCUT2D eigenvalue weighted by molar-refractivity contribution is 5.89. The van der Waals surface area contributed by atoms with Crippen LogP contribution in [0, 0.1) is 5.92 Å². The van der Waals surface area contributed by atoms with Crippen LogP contribution in [0.1, 0.15) is 12.0 Å². The predicted octanol–water partition coefficient (Wildman–Crippen LogP) is 2.67. The Morgan fingerprint density at radius 1 is 1.32 bits per heavy atom. The summed E-state index contributed by atoms with van der Waals surface area (Å²) in [5, 5.41) is 0. The summed E-state index contributed by atoms with van der Waals surface area (Å²) in [4.78, 5) is 26.0. The maximum absolute atomic E-state index is 12.5. The number of benzene rings is 1. The van der Waals surface area contributed by atoms with Gasteiger partial charge in [0.15, 0.2) is 11.5 Å². The molecule has 1 aliphatic rings. The lowest BCUT2D eigenvalue weighted by Gasteiger charge is -2.22. The summed E-state index contributed by atoms with van der Waals surface area (Å²) >= 11 is 0. The Morgan fingerprint density at radius 2 is 2.00 bits per heavy atom. The average Bonchev–Trinajstić information content (AvgIpc) is 2.92. The van der Waals surface area contributed by atoms with Gasteiger partial charge in [-0.05, 0) is 17.7 Å². The third-order valence-electron chi connectivity index (χ3n) is 4.17. The second-order valence-electron chi connectivity index (χ2n) is 6.35. The van der Waals surface area contributed by atoms with Crippen molar-refractivity contribution in [2.24, 2.45) is 5.92 Å². The largest absolute Gasteiger partial charge is 0.493 e. The molecule has 1 atom stereocenters. The van der Waals surface area contributed by atoms with Crippen LogP contribution in [0.25, 0.3) is 0 Å². The van der Waals surface area contributed by atoms with Gasteiger partial charge in [0.1, 0.15) is 6.54 Å². The Hall–Kier alpha value is -2.59. The van der Waals surface area contributed by atoms with E-state index in [-0.39, 0.29) is 31.0 Å². The van der Waals surface area contributed by atoms with Crippen molar-refractivity contribution in [3.8, 4) is 11.5 Å². The number of methoxy groups -OCH3 is 1. The predicted molar refractivity (Wildman–Crippen MR) is 86.8 cm³/mol. The lowest BCUT2D eigenvalue weighted by molar-refractivity contribution is -0.157. The third kappa shape index (κ3) is 5.70. The van der Waals surface area contributed by atoms with Gasteiger partial charge in [0.05, 0.1) is 13.0 Å². The molecule has 11 heteroatoms. The van der Waals surface area contributed by atoms with E-state index in [4.69, 9.17) is 4.74 Å². The minimum absolute atomic E-state index is 0.00755. The van der Waals surface area contributed by atoms with E-state index in [0.29, 0.717) is 10.5 Å². The van der Waals surface area contributed by atoms with Gasteiger partial charge in [-0.15, -0.1) is 0 Å². The van der Waals surface area contributed by atoms with Crippen molar-refractivity contribution in [3.63, 3.8) is 0 Å². The molecule has 1 heterocycles. The zero-order valence-corrected chi connectivity index (χ0v) is 15.1. The van der Waals surface area contributed by atoms with Crippen LogP contribution >= 0.6 is 0 Å². The summed E-state index contributed by atoms with van der Waals surface area (Å²) in [6, 6.07) is 4.22. The van der Waals surface area contributed by atoms with Crippen LogP contribution in [0.2, 0.25) is 0 Å². The molecule has 1 aromatic rings. The first-order chi connectivity index (χ1) is 13.0. The SMILES string of the molecule is COc1ccc(CN(C)C(=O)C2CC(=O)N(CC(F)(F)F)C2)cc1OC(F)F. The van der Waals surface area contributed by atoms with Gasteiger partial charge in [-0.1, -0.05) is 6.07 Å². The fraction of sp³-hybridized carbons (Fsp3) is 0.529. The number of carbonyl (C=O) groups excluding carboxylic acids is 2. The number of amides is 2. The van der Waals surface area contributed by atoms with Crippen LogP contribution < -0.4 is 9.47 Å². The number of nitrogens with zero attached hydrogens (tertiary/aromatic N) is 2. The number of ether oxygens (including phenoxy) is 2. The van der Waals surface area contributed by atoms with Gasteiger partial charge < -0.3 is 19.3 Å². The van der Waals surface area contributed by atoms with E-state index in [0.717, 1.165) is 0 Å². The first kappa shape index (κ1) is 21.7. The lowest BCUT2D eigenvalue weighted by atomic mass is 10.1. The topological polar surface area (TPSA) is 59.1 Å². The van der Waals surface area contributed by atoms with E-state index in [1.165, 1.54) is 37.3 Å². The second-order valence-corrected chi connectivity index (χ2v) is 6.35. The maximum atomic E-state index is 12.5. The molecule has 0 aliphatic carbocycles. The summed E-state index contributed by atoms with van der Waals surface area (Å²) in [7, 11) is 2.70. The standard InChI is InChI=1S/C17H19F5N2O4/c1-23(7-10-3-4-12(27-2)13(5-10)28-16(18)19)15(26)11-6-14(25)24(8-11)9-17(20,21)22/h3-5,11,16H,6-9H2,1-2H3. The molecular weight excluding hydrogens is 391 g/mol. The van der Waals surface area contributed by atoms with Crippen molar-refractivity contribution in [1.29, 1.82) is 0 Å². The molecule has 0 aromatic heterocycles. The van der Waals surface area contributed by atoms with Crippen molar-refractivity contribution < 1.29 is 41.0 Å². The number of carbonyl (C=O) groups is 2. The molecule has 0 saturated carbocycles. The highest BCUT2D eigenvalue weighted by atomic mass is 19.4. The number of rotatable bonds is 7. The Labute approximate surface area is 157 Å². The van der Waals surface area contributed by atoms with Crippen molar-refractivity contribution in [1.82, 2.24) is 9.80 Å². The highest BCUT2D eigenvalue weighted by Crippen LogP contribution is 2.30. The molecule has 2 amide bonds. The van der Waals surface area contributed by atoms with Gasteiger partial charge in [-0.3, -0.25) is 9.59 Å². The molecule has 0 spiro atoms. The lowest BCUT2D eigenvalue weighted by Crippen LogP contribution is -2.37. The number of hydrogen-bond donors (Lipinski definition) is 0. The van der Waals surface area contributed by atoms with Crippen LogP contribution in [0.15, 0.2) is 18.2 Å². The summed E-state index contributed by atoms with van der Waals surface area (Å²) in [5.41, 5.74) is 0.448. The Balaban J connectivity index is 2.03. The minimum Gasteiger partial charge on any atom is -0.493 e. The van der Waals surface area contributed by atoms with Crippen molar-refractivity contribution in [3.05, 3.63) is 23.8 Å². The van der Waals surface area contributed by atoms with E-state index in [1.807, 2.05) is 0 Å². The molecule has 0 radical (unpaired) electrons. The monoisotopic (exact) mass is 410 g/mol. The number of hydrogen-bond acceptors (Lipinski definition) is 4. The molecule has 1 saturated heterocycles. The normalized spacial score (nSPS) is 17.2. The summed E-state index contributed by atoms with van der Waals surface area (Å²) in [6.45, 7) is -4.78. The van der Waals surface area contributed by atoms with E-state index >= 15 is 0 Å². The van der Waals surface area contributed by atoms with Crippen LogP contribution in [-0.4, -0.2) is 61.6 Å². The fourth-order valence-corrected chi connectivity index (χ4v) is 2.98. The third-order valence-corrected chi connectivity index (χ3v) is 4.17. The first-order valence-corrected chi connectivity index (χ1v) is 8.21. The summed E-state index contributed by atoms with van der Waals surface area (Å²) < 4.78 is 71.7. The molecule has 0 bridgehead atoms. The molecule has 1 fully saturated rings. The van der Waals surface area contributed by atoms with Crippen molar-refractivity contribution in [2.75, 3.05) is 27.2 Å². The molecule has 2 rings (SSSR count). The van der Waals surface area contributed by atoms with Crippen molar-refractivity contribution >= 4 is 11.8 Å². The van der Waals surface area contributed by atoms with Crippen molar-refractivity contribution in [2.45, 2.75) is 25.8 Å². The molecule has 156 valence electrons. The summed E-state index contributed by atoms with van der Waals surface area (Å²) in [5.74, 6) is -2.26. The molecular formula is C17H19F5N2O4. The highest BCUT2D eigenvalue weighted by Gasteiger charge is 2.41. The van der Waals surface area contributed by atoms with Crippen LogP contribution in [-0.2, 0) is 16.1 Å². The first-order valence-electron chi connectivity index (χ1n) is 8.21. The molecule has 6 nitrogen and oxygen atoms in total. The van der Waals surface area contributed by atoms with E-state index < -0.39 is 37.1 Å². The molecule has 1 aliphatic heterocycles. The van der Waals surface area contributed by atoms with Gasteiger partial charge in [0, 0.05) is 26.6 Å². The second kappa shape index (κ2) is 8.61. The van der Waals surface area contributed by atoms with Gasteiger partial charge in [0.2, 0.25) is 11.8 Å². The zero-order chi connectivity index (χ0) is 21.1. The van der Waals surface area contributed by atoms with Gasteiger partial charge in [-0.25, -0.2) is 0 Å². The maximum Gasteiger partial charge on any atom is 0.406 e. The van der Waals surface area contributed by atoms with Crippen LogP contribution in [0.4, 0.5) is 22.0 Å². The van der Waals surface area contributed by atoms with Crippen LogP contribution in [0.5, 0.6) is 11.5 Å². The Morgan fingerprint density at radius 3 is 2.57 bits per heavy atom. The van der Waals surface area contributed by atoms with E-state index in [9.17, 15) is 31.5 Å². The Kier molecular flexibility index (Phi) is 6.68. The smallest absolute Gasteiger partial charge is 0.406 e. The van der Waals surface area contributed by atoms with E-state index in [2.05, 4.69) is 4.74 Å². The Bertz CT molecular complexity index is 726. The molecule has 28 heavy (non-hydrogen) atoms. The zero-order valence-electron chi connectivity index (χ0n) is 15.1. The van der Waals surface area contributed by atoms with Gasteiger partial charge >= 0.3 is 12.8 Å². The number of halogens is 5. The summed E-state index contributed by atoms with van der Waals surface area (Å²) in [6.07, 6.45) is -4.84. The quantitative estimate of drug-likeness (QED) is 0.649. The van der Waals surface area contributed by atoms with Crippen LogP contribution in [0.3, 0.4) is 0 Å². The molecule has 1 unspecified atom stereocenters. The fourth-order valence-electron chi connectivity index (χ4n) is 2.98. The van der Waals surface area contributed by atoms with E-state index in [1.54, 1.807) is 0 Å². The number of alkyl halides is 5. The van der Waals surface area contributed by atoms with Gasteiger partial charge in [0.25, 0.3) is 0 Å². The average molecular weight is 410 g/mol. The molecule has 0 N–H and O–H groups in total. The number of likely N-dealkylation sites (tertiary alicyclic amines) is 1. The minimum atomic E-state index is -4.54.